The Morgan fingerprint density at radius 2 is 1.65 bits per heavy atom. The standard InChI is InChI=1S/C29H38N2O6/c1-7-16-37-22-12-11-21(17-19(22)4)27(32)25-26(20-10-13-23(35-5)24(18-20)36-6)31(29(34)28(25)33)15-14-30(8-2)9-3/h10-13,17-18,26,32H,7-9,14-16H2,1-6H3/t26-/m0/s1. The molecule has 1 aliphatic heterocycles. The van der Waals surface area contributed by atoms with Crippen LogP contribution in [-0.2, 0) is 9.59 Å². The molecule has 1 heterocycles. The molecule has 1 saturated heterocycles. The molecule has 0 unspecified atom stereocenters. The van der Waals surface area contributed by atoms with Crippen LogP contribution in [0.3, 0.4) is 0 Å². The van der Waals surface area contributed by atoms with Crippen LogP contribution in [0.25, 0.3) is 5.76 Å². The van der Waals surface area contributed by atoms with Gasteiger partial charge in [-0.1, -0.05) is 26.8 Å². The van der Waals surface area contributed by atoms with Gasteiger partial charge in [0.2, 0.25) is 0 Å². The SMILES string of the molecule is CCCOc1ccc(C(O)=C2C(=O)C(=O)N(CCN(CC)CC)[C@H]2c2ccc(OC)c(OC)c2)cc1C. The molecule has 0 aromatic heterocycles. The first-order chi connectivity index (χ1) is 17.8. The fourth-order valence-electron chi connectivity index (χ4n) is 4.60. The molecular weight excluding hydrogens is 472 g/mol. The third-order valence-corrected chi connectivity index (χ3v) is 6.72. The van der Waals surface area contributed by atoms with E-state index in [4.69, 9.17) is 14.2 Å². The normalized spacial score (nSPS) is 16.9. The lowest BCUT2D eigenvalue weighted by molar-refractivity contribution is -0.140. The van der Waals surface area contributed by atoms with Gasteiger partial charge in [0.1, 0.15) is 11.5 Å². The van der Waals surface area contributed by atoms with E-state index in [1.165, 1.54) is 7.11 Å². The van der Waals surface area contributed by atoms with Crippen molar-refractivity contribution in [3.63, 3.8) is 0 Å². The van der Waals surface area contributed by atoms with Gasteiger partial charge in [0.25, 0.3) is 11.7 Å². The van der Waals surface area contributed by atoms with Crippen LogP contribution in [0.4, 0.5) is 0 Å². The minimum Gasteiger partial charge on any atom is -0.507 e. The zero-order valence-electron chi connectivity index (χ0n) is 22.7. The van der Waals surface area contributed by atoms with Crippen LogP contribution in [0.15, 0.2) is 42.0 Å². The summed E-state index contributed by atoms with van der Waals surface area (Å²) < 4.78 is 16.6. The predicted octanol–water partition coefficient (Wildman–Crippen LogP) is 4.56. The van der Waals surface area contributed by atoms with Crippen molar-refractivity contribution in [2.24, 2.45) is 0 Å². The Labute approximate surface area is 219 Å². The zero-order chi connectivity index (χ0) is 27.1. The first-order valence-electron chi connectivity index (χ1n) is 12.8. The Hall–Kier alpha value is -3.52. The van der Waals surface area contributed by atoms with E-state index in [0.717, 1.165) is 30.8 Å². The number of rotatable bonds is 12. The molecular formula is C29H38N2O6. The molecule has 200 valence electrons. The molecule has 3 rings (SSSR count). The summed E-state index contributed by atoms with van der Waals surface area (Å²) in [5.41, 5.74) is 1.99. The molecule has 1 amide bonds. The van der Waals surface area contributed by atoms with Gasteiger partial charge in [-0.05, 0) is 67.9 Å². The number of hydrogen-bond acceptors (Lipinski definition) is 7. The van der Waals surface area contributed by atoms with Gasteiger partial charge in [0.15, 0.2) is 11.5 Å². The molecule has 0 aliphatic carbocycles. The average Bonchev–Trinajstić information content (AvgIpc) is 3.17. The number of nitrogens with zero attached hydrogens (tertiary/aromatic N) is 2. The number of carbonyl (C=O) groups excluding carboxylic acids is 2. The Morgan fingerprint density at radius 3 is 2.24 bits per heavy atom. The number of hydrogen-bond donors (Lipinski definition) is 1. The fraction of sp³-hybridized carbons (Fsp3) is 0.448. The second-order valence-electron chi connectivity index (χ2n) is 8.96. The highest BCUT2D eigenvalue weighted by Gasteiger charge is 2.46. The van der Waals surface area contributed by atoms with E-state index in [1.807, 2.05) is 13.8 Å². The van der Waals surface area contributed by atoms with Gasteiger partial charge in [-0.25, -0.2) is 0 Å². The van der Waals surface area contributed by atoms with E-state index in [-0.39, 0.29) is 11.3 Å². The molecule has 2 aromatic rings. The van der Waals surface area contributed by atoms with Crippen LogP contribution < -0.4 is 14.2 Å². The number of ketones is 1. The van der Waals surface area contributed by atoms with E-state index in [0.29, 0.717) is 42.3 Å². The molecule has 2 aromatic carbocycles. The minimum absolute atomic E-state index is 0.0541. The van der Waals surface area contributed by atoms with Crippen LogP contribution in [0, 0.1) is 6.92 Å². The topological polar surface area (TPSA) is 88.5 Å². The van der Waals surface area contributed by atoms with Crippen molar-refractivity contribution in [2.45, 2.75) is 40.2 Å². The van der Waals surface area contributed by atoms with Gasteiger partial charge in [-0.15, -0.1) is 0 Å². The summed E-state index contributed by atoms with van der Waals surface area (Å²) in [4.78, 5) is 30.4. The van der Waals surface area contributed by atoms with Crippen molar-refractivity contribution in [1.29, 1.82) is 0 Å². The lowest BCUT2D eigenvalue weighted by Crippen LogP contribution is -2.38. The maximum absolute atomic E-state index is 13.4. The van der Waals surface area contributed by atoms with Crippen LogP contribution in [0.1, 0.15) is 49.9 Å². The maximum atomic E-state index is 13.4. The highest BCUT2D eigenvalue weighted by Crippen LogP contribution is 2.42. The summed E-state index contributed by atoms with van der Waals surface area (Å²) in [6.07, 6.45) is 0.878. The third kappa shape index (κ3) is 5.91. The van der Waals surface area contributed by atoms with Gasteiger partial charge in [0.05, 0.1) is 32.4 Å². The second kappa shape index (κ2) is 12.6. The Morgan fingerprint density at radius 1 is 0.973 bits per heavy atom. The quantitative estimate of drug-likeness (QED) is 0.254. The monoisotopic (exact) mass is 510 g/mol. The lowest BCUT2D eigenvalue weighted by atomic mass is 9.94. The number of aliphatic hydroxyl groups is 1. The number of Topliss-reactive ketones (excluding diaryl/α,β-unsaturated/α-hetero) is 1. The zero-order valence-corrected chi connectivity index (χ0v) is 22.7. The van der Waals surface area contributed by atoms with Gasteiger partial charge in [-0.3, -0.25) is 9.59 Å². The van der Waals surface area contributed by atoms with Crippen LogP contribution in [0.5, 0.6) is 17.2 Å². The maximum Gasteiger partial charge on any atom is 0.295 e. The molecule has 1 atom stereocenters. The van der Waals surface area contributed by atoms with Gasteiger partial charge in [-0.2, -0.15) is 0 Å². The lowest BCUT2D eigenvalue weighted by Gasteiger charge is -2.28. The van der Waals surface area contributed by atoms with Crippen molar-refractivity contribution in [3.05, 3.63) is 58.7 Å². The first-order valence-corrected chi connectivity index (χ1v) is 12.8. The van der Waals surface area contributed by atoms with Crippen LogP contribution in [0.2, 0.25) is 0 Å². The largest absolute Gasteiger partial charge is 0.507 e. The number of aliphatic hydroxyl groups excluding tert-OH is 1. The predicted molar refractivity (Wildman–Crippen MR) is 143 cm³/mol. The molecule has 0 bridgehead atoms. The molecule has 1 fully saturated rings. The molecule has 8 heteroatoms. The number of ether oxygens (including phenoxy) is 3. The van der Waals surface area contributed by atoms with E-state index in [9.17, 15) is 14.7 Å². The third-order valence-electron chi connectivity index (χ3n) is 6.72. The highest BCUT2D eigenvalue weighted by atomic mass is 16.5. The number of benzene rings is 2. The molecule has 1 N–H and O–H groups in total. The van der Waals surface area contributed by atoms with Crippen molar-refractivity contribution >= 4 is 17.4 Å². The molecule has 0 saturated carbocycles. The van der Waals surface area contributed by atoms with Crippen molar-refractivity contribution < 1.29 is 28.9 Å². The van der Waals surface area contributed by atoms with Gasteiger partial charge in [0, 0.05) is 18.7 Å². The Balaban J connectivity index is 2.13. The highest BCUT2D eigenvalue weighted by molar-refractivity contribution is 6.46. The average molecular weight is 511 g/mol. The van der Waals surface area contributed by atoms with Gasteiger partial charge >= 0.3 is 0 Å². The van der Waals surface area contributed by atoms with E-state index in [1.54, 1.807) is 48.4 Å². The summed E-state index contributed by atoms with van der Waals surface area (Å²) >= 11 is 0. The Kier molecular flexibility index (Phi) is 9.58. The van der Waals surface area contributed by atoms with E-state index < -0.39 is 17.7 Å². The summed E-state index contributed by atoms with van der Waals surface area (Å²) in [5.74, 6) is 0.171. The fourth-order valence-corrected chi connectivity index (χ4v) is 4.60. The summed E-state index contributed by atoms with van der Waals surface area (Å²) in [6, 6.07) is 9.77. The minimum atomic E-state index is -0.772. The Bertz CT molecular complexity index is 1160. The summed E-state index contributed by atoms with van der Waals surface area (Å²) in [5, 5.41) is 11.4. The molecule has 0 radical (unpaired) electrons. The van der Waals surface area contributed by atoms with Crippen molar-refractivity contribution in [1.82, 2.24) is 9.80 Å². The van der Waals surface area contributed by atoms with Crippen molar-refractivity contribution in [3.8, 4) is 17.2 Å². The van der Waals surface area contributed by atoms with E-state index in [2.05, 4.69) is 18.7 Å². The number of likely N-dealkylation sites (N-methyl/N-ethyl adjacent to an activating group) is 1. The molecule has 0 spiro atoms. The molecule has 37 heavy (non-hydrogen) atoms. The molecule has 8 nitrogen and oxygen atoms in total. The number of methoxy groups -OCH3 is 2. The first kappa shape index (κ1) is 28.1. The van der Waals surface area contributed by atoms with Crippen molar-refractivity contribution in [2.75, 3.05) is 47.0 Å². The summed E-state index contributed by atoms with van der Waals surface area (Å²) in [6.45, 7) is 11.2. The summed E-state index contributed by atoms with van der Waals surface area (Å²) in [7, 11) is 3.08. The molecule has 1 aliphatic rings. The van der Waals surface area contributed by atoms with Crippen LogP contribution >= 0.6 is 0 Å². The number of carbonyl (C=O) groups is 2. The van der Waals surface area contributed by atoms with Crippen LogP contribution in [-0.4, -0.2) is 73.6 Å². The smallest absolute Gasteiger partial charge is 0.295 e. The van der Waals surface area contributed by atoms with E-state index >= 15 is 0 Å². The van der Waals surface area contributed by atoms with Gasteiger partial charge < -0.3 is 29.1 Å². The number of aryl methyl sites for hydroxylation is 1. The number of likely N-dealkylation sites (tertiary alicyclic amines) is 1. The second-order valence-corrected chi connectivity index (χ2v) is 8.96. The number of amides is 1.